The second-order valence-corrected chi connectivity index (χ2v) is 9.11. The van der Waals surface area contributed by atoms with Crippen molar-refractivity contribution in [3.8, 4) is 0 Å². The molecule has 0 unspecified atom stereocenters. The van der Waals surface area contributed by atoms with Gasteiger partial charge in [-0.05, 0) is 6.42 Å². The van der Waals surface area contributed by atoms with Crippen LogP contribution >= 0.6 is 19.6 Å². The van der Waals surface area contributed by atoms with Gasteiger partial charge in [-0.2, -0.15) is 0 Å². The summed E-state index contributed by atoms with van der Waals surface area (Å²) in [7, 11) is -7.58. The Morgan fingerprint density at radius 2 is 1.55 bits per heavy atom. The van der Waals surface area contributed by atoms with E-state index in [0.29, 0.717) is 5.75 Å². The second kappa shape index (κ2) is 13.3. The minimum Gasteiger partial charge on any atom is -0.379 e. The first-order chi connectivity index (χ1) is 9.98. The Hall–Kier alpha value is -0.120. The minimum atomic E-state index is -4.64. The Morgan fingerprint density at radius 1 is 1.09 bits per heavy atom. The van der Waals surface area contributed by atoms with Crippen LogP contribution in [0.4, 0.5) is 0 Å². The zero-order valence-electron chi connectivity index (χ0n) is 12.8. The van der Waals surface area contributed by atoms with Crippen LogP contribution in [0.3, 0.4) is 0 Å². The predicted molar refractivity (Wildman–Crippen MR) is 90.7 cm³/mol. The van der Waals surface area contributed by atoms with Crippen LogP contribution in [0.25, 0.3) is 0 Å². The molecule has 0 aromatic rings. The van der Waals surface area contributed by atoms with Crippen molar-refractivity contribution in [2.24, 2.45) is 5.73 Å². The first-order valence-electron chi connectivity index (χ1n) is 6.93. The summed E-state index contributed by atoms with van der Waals surface area (Å²) < 4.78 is 32.0. The van der Waals surface area contributed by atoms with E-state index in [0.717, 1.165) is 31.0 Å². The highest BCUT2D eigenvalue weighted by atomic mass is 32.2. The van der Waals surface area contributed by atoms with E-state index < -0.39 is 17.7 Å². The van der Waals surface area contributed by atoms with Crippen LogP contribution in [0, 0.1) is 5.41 Å². The van der Waals surface area contributed by atoms with E-state index in [1.165, 1.54) is 19.3 Å². The van der Waals surface area contributed by atoms with E-state index in [-0.39, 0.29) is 16.7 Å². The van der Waals surface area contributed by atoms with Gasteiger partial charge in [-0.25, -0.2) is 13.0 Å². The molecule has 0 atom stereocenters. The molecule has 0 fully saturated rings. The normalized spacial score (nSPS) is 11.6. The largest absolute Gasteiger partial charge is 0.466 e. The van der Waals surface area contributed by atoms with Crippen molar-refractivity contribution in [3.63, 3.8) is 0 Å². The lowest BCUT2D eigenvalue weighted by molar-refractivity contribution is 0.275. The Morgan fingerprint density at radius 3 is 2.00 bits per heavy atom. The van der Waals surface area contributed by atoms with Gasteiger partial charge < -0.3 is 20.4 Å². The smallest absolute Gasteiger partial charge is 0.379 e. The molecule has 8 nitrogen and oxygen atoms in total. The van der Waals surface area contributed by atoms with Gasteiger partial charge in [-0.1, -0.05) is 50.8 Å². The fourth-order valence-electron chi connectivity index (χ4n) is 1.48. The Labute approximate surface area is 136 Å². The van der Waals surface area contributed by atoms with Gasteiger partial charge in [-0.3, -0.25) is 5.41 Å². The molecular formula is C11H27N2O6PS2. The fraction of sp³-hybridized carbons (Fsp3) is 0.909. The molecule has 0 rings (SSSR count). The lowest BCUT2D eigenvalue weighted by Gasteiger charge is -2.04. The van der Waals surface area contributed by atoms with E-state index in [1.54, 1.807) is 0 Å². The van der Waals surface area contributed by atoms with Crippen LogP contribution < -0.4 is 5.73 Å². The molecule has 0 spiro atoms. The molecule has 0 radical (unpaired) electrons. The molecule has 0 aliphatic rings. The zero-order chi connectivity index (χ0) is 17.6. The van der Waals surface area contributed by atoms with Gasteiger partial charge in [0.05, 0.1) is 11.5 Å². The van der Waals surface area contributed by atoms with Crippen LogP contribution in [0.1, 0.15) is 45.4 Å². The maximum absolute atomic E-state index is 11.6. The molecule has 0 heterocycles. The average molecular weight is 378 g/mol. The summed E-state index contributed by atoms with van der Waals surface area (Å²) in [6.07, 6.45) is 6.54. The van der Waals surface area contributed by atoms with Gasteiger partial charge in [0.15, 0.2) is 15.0 Å². The molecule has 0 saturated carbocycles. The van der Waals surface area contributed by atoms with E-state index >= 15 is 0 Å². The van der Waals surface area contributed by atoms with Crippen molar-refractivity contribution in [1.29, 1.82) is 5.41 Å². The molecule has 0 bridgehead atoms. The van der Waals surface area contributed by atoms with E-state index in [4.69, 9.17) is 30.4 Å². The fourth-order valence-corrected chi connectivity index (χ4v) is 3.90. The molecule has 134 valence electrons. The van der Waals surface area contributed by atoms with Crippen molar-refractivity contribution in [2.75, 3.05) is 17.3 Å². The first kappa shape index (κ1) is 24.1. The molecule has 22 heavy (non-hydrogen) atoms. The number of thioether (sulfide) groups is 1. The van der Waals surface area contributed by atoms with Crippen molar-refractivity contribution in [2.45, 2.75) is 45.4 Å². The highest BCUT2D eigenvalue weighted by molar-refractivity contribution is 8.14. The highest BCUT2D eigenvalue weighted by Crippen LogP contribution is 2.25. The second-order valence-electron chi connectivity index (χ2n) is 4.65. The number of unbranched alkanes of at least 4 members (excludes halogenated alkanes) is 5. The SMILES string of the molecule is CCCCCCCCS(=O)(=O)CCSC(=N)N.O=P(O)(O)O. The van der Waals surface area contributed by atoms with Crippen LogP contribution in [-0.4, -0.2) is 45.5 Å². The van der Waals surface area contributed by atoms with Crippen LogP contribution in [0.15, 0.2) is 0 Å². The van der Waals surface area contributed by atoms with Crippen molar-refractivity contribution in [3.05, 3.63) is 0 Å². The van der Waals surface area contributed by atoms with Gasteiger partial charge in [0.2, 0.25) is 0 Å². The van der Waals surface area contributed by atoms with Gasteiger partial charge in [0, 0.05) is 5.75 Å². The molecule has 0 aliphatic heterocycles. The molecule has 0 aliphatic carbocycles. The number of nitrogens with two attached hydrogens (primary N) is 1. The monoisotopic (exact) mass is 378 g/mol. The first-order valence-corrected chi connectivity index (χ1v) is 11.3. The molecular weight excluding hydrogens is 351 g/mol. The molecule has 0 aromatic carbocycles. The van der Waals surface area contributed by atoms with Crippen LogP contribution in [0.5, 0.6) is 0 Å². The molecule has 6 N–H and O–H groups in total. The predicted octanol–water partition coefficient (Wildman–Crippen LogP) is 1.46. The van der Waals surface area contributed by atoms with Crippen molar-refractivity contribution in [1.82, 2.24) is 0 Å². The highest BCUT2D eigenvalue weighted by Gasteiger charge is 2.10. The quantitative estimate of drug-likeness (QED) is 0.165. The summed E-state index contributed by atoms with van der Waals surface area (Å²) in [5, 5.41) is 6.97. The summed E-state index contributed by atoms with van der Waals surface area (Å²) in [5.41, 5.74) is 5.14. The summed E-state index contributed by atoms with van der Waals surface area (Å²) in [6, 6.07) is 0. The molecule has 0 saturated heterocycles. The number of rotatable bonds is 10. The third kappa shape index (κ3) is 28.1. The van der Waals surface area contributed by atoms with Crippen LogP contribution in [0.2, 0.25) is 0 Å². The Bertz CT molecular complexity index is 430. The third-order valence-corrected chi connectivity index (χ3v) is 5.18. The van der Waals surface area contributed by atoms with E-state index in [1.807, 2.05) is 0 Å². The third-order valence-electron chi connectivity index (χ3n) is 2.46. The minimum absolute atomic E-state index is 0.0141. The van der Waals surface area contributed by atoms with E-state index in [2.05, 4.69) is 6.92 Å². The summed E-state index contributed by atoms with van der Waals surface area (Å²) in [5.74, 6) is 0.803. The molecule has 0 aromatic heterocycles. The van der Waals surface area contributed by atoms with Gasteiger partial charge >= 0.3 is 7.82 Å². The Balaban J connectivity index is 0. The topological polar surface area (TPSA) is 162 Å². The lowest BCUT2D eigenvalue weighted by Crippen LogP contribution is -2.15. The van der Waals surface area contributed by atoms with Gasteiger partial charge in [-0.15, -0.1) is 0 Å². The van der Waals surface area contributed by atoms with Gasteiger partial charge in [0.25, 0.3) is 0 Å². The van der Waals surface area contributed by atoms with Crippen LogP contribution in [-0.2, 0) is 14.4 Å². The molecule has 11 heteroatoms. The number of phosphoric acid groups is 1. The van der Waals surface area contributed by atoms with E-state index in [9.17, 15) is 8.42 Å². The maximum Gasteiger partial charge on any atom is 0.466 e. The molecule has 0 amide bonds. The zero-order valence-corrected chi connectivity index (χ0v) is 15.3. The number of amidine groups is 1. The summed E-state index contributed by atoms with van der Waals surface area (Å²) >= 11 is 1.09. The number of hydrogen-bond donors (Lipinski definition) is 5. The number of sulfone groups is 1. The standard InChI is InChI=1S/C11H24N2O2S2.H3O4P/c1-2-3-4-5-6-7-9-17(14,15)10-8-16-11(12)13;1-5(2,3)4/h2-10H2,1H3,(H3,12,13);(H3,1,2,3,4). The lowest BCUT2D eigenvalue weighted by atomic mass is 10.1. The summed E-state index contributed by atoms with van der Waals surface area (Å²) in [4.78, 5) is 21.6. The number of hydrogen-bond acceptors (Lipinski definition) is 5. The average Bonchev–Trinajstić information content (AvgIpc) is 2.30. The van der Waals surface area contributed by atoms with Crippen molar-refractivity contribution < 1.29 is 27.7 Å². The summed E-state index contributed by atoms with van der Waals surface area (Å²) in [6.45, 7) is 2.16. The maximum atomic E-state index is 11.6. The number of nitrogens with one attached hydrogen (secondary N) is 1. The Kier molecular flexibility index (Phi) is 14.6. The van der Waals surface area contributed by atoms with Gasteiger partial charge in [0.1, 0.15) is 0 Å². The van der Waals surface area contributed by atoms with Crippen molar-refractivity contribution >= 4 is 34.6 Å².